The van der Waals surface area contributed by atoms with Gasteiger partial charge in [-0.25, -0.2) is 8.42 Å². The monoisotopic (exact) mass is 279 g/mol. The highest BCUT2D eigenvalue weighted by Gasteiger charge is 2.51. The average molecular weight is 279 g/mol. The van der Waals surface area contributed by atoms with Crippen molar-refractivity contribution in [2.75, 3.05) is 0 Å². The lowest BCUT2D eigenvalue weighted by molar-refractivity contribution is -0.112. The van der Waals surface area contributed by atoms with Crippen molar-refractivity contribution in [2.24, 2.45) is 5.92 Å². The number of benzene rings is 1. The fourth-order valence-corrected chi connectivity index (χ4v) is 5.19. The Morgan fingerprint density at radius 2 is 1.89 bits per heavy atom. The van der Waals surface area contributed by atoms with Gasteiger partial charge in [-0.15, -0.1) is 0 Å². The number of piperidine rings is 1. The Kier molecular flexibility index (Phi) is 2.98. The quantitative estimate of drug-likeness (QED) is 0.792. The molecule has 2 aliphatic rings. The zero-order valence-corrected chi connectivity index (χ0v) is 11.6. The minimum Gasteiger partial charge on any atom is -0.302 e. The zero-order valence-electron chi connectivity index (χ0n) is 10.8. The number of fused-ring (bicyclic) bond motifs is 2. The first-order chi connectivity index (χ1) is 9.04. The van der Waals surface area contributed by atoms with Gasteiger partial charge in [-0.2, -0.15) is 4.31 Å². The lowest BCUT2D eigenvalue weighted by atomic mass is 10.0. The van der Waals surface area contributed by atoms with Crippen LogP contribution in [0.2, 0.25) is 0 Å². The molecule has 0 N–H and O–H groups in total. The summed E-state index contributed by atoms with van der Waals surface area (Å²) in [5.41, 5.74) is 1.02. The van der Waals surface area contributed by atoms with E-state index in [0.29, 0.717) is 0 Å². The molecule has 1 aromatic rings. The molecule has 4 nitrogen and oxygen atoms in total. The molecule has 3 atom stereocenters. The summed E-state index contributed by atoms with van der Waals surface area (Å²) < 4.78 is 26.8. The molecule has 0 amide bonds. The third kappa shape index (κ3) is 1.92. The highest BCUT2D eigenvalue weighted by Crippen LogP contribution is 2.44. The van der Waals surface area contributed by atoms with Crippen LogP contribution < -0.4 is 0 Å². The molecule has 3 rings (SSSR count). The highest BCUT2D eigenvalue weighted by atomic mass is 32.2. The minimum atomic E-state index is -3.55. The normalized spacial score (nSPS) is 30.7. The van der Waals surface area contributed by atoms with E-state index in [2.05, 4.69) is 0 Å². The number of sulfonamides is 1. The van der Waals surface area contributed by atoms with Gasteiger partial charge in [-0.05, 0) is 44.2 Å². The van der Waals surface area contributed by atoms with Gasteiger partial charge in [0.05, 0.1) is 10.9 Å². The summed E-state index contributed by atoms with van der Waals surface area (Å²) in [6.45, 7) is 1.92. The summed E-state index contributed by atoms with van der Waals surface area (Å²) in [5.74, 6) is 0.211. The van der Waals surface area contributed by atoms with E-state index in [9.17, 15) is 13.2 Å². The molecule has 1 aliphatic carbocycles. The summed E-state index contributed by atoms with van der Waals surface area (Å²) in [5, 5.41) is 0. The van der Waals surface area contributed by atoms with E-state index in [1.165, 1.54) is 4.31 Å². The molecule has 2 bridgehead atoms. The predicted octanol–water partition coefficient (Wildman–Crippen LogP) is 1.74. The molecule has 0 radical (unpaired) electrons. The molecule has 1 saturated heterocycles. The molecule has 5 heteroatoms. The van der Waals surface area contributed by atoms with Crippen LogP contribution in [0.15, 0.2) is 29.2 Å². The Morgan fingerprint density at radius 3 is 2.53 bits per heavy atom. The highest BCUT2D eigenvalue weighted by molar-refractivity contribution is 7.89. The Labute approximate surface area is 113 Å². The second-order valence-corrected chi connectivity index (χ2v) is 7.34. The number of rotatable bonds is 3. The van der Waals surface area contributed by atoms with E-state index in [1.54, 1.807) is 24.3 Å². The number of aldehydes is 1. The first-order valence-electron chi connectivity index (χ1n) is 6.59. The van der Waals surface area contributed by atoms with Crippen molar-refractivity contribution in [3.63, 3.8) is 0 Å². The van der Waals surface area contributed by atoms with Gasteiger partial charge >= 0.3 is 0 Å². The van der Waals surface area contributed by atoms with Crippen LogP contribution in [0.5, 0.6) is 0 Å². The first kappa shape index (κ1) is 12.8. The van der Waals surface area contributed by atoms with Crippen LogP contribution >= 0.6 is 0 Å². The molecule has 0 aromatic heterocycles. The van der Waals surface area contributed by atoms with Crippen LogP contribution in [0.4, 0.5) is 0 Å². The molecular weight excluding hydrogens is 262 g/mol. The second kappa shape index (κ2) is 4.42. The SMILES string of the molecule is Cc1ccc(S(=O)(=O)N2[C@H]3CC[C@H](C3)[C@@H]2C=O)cc1. The van der Waals surface area contributed by atoms with Crippen molar-refractivity contribution >= 4 is 16.3 Å². The van der Waals surface area contributed by atoms with Gasteiger partial charge in [0.25, 0.3) is 0 Å². The van der Waals surface area contributed by atoms with E-state index in [1.807, 2.05) is 6.92 Å². The smallest absolute Gasteiger partial charge is 0.243 e. The lowest BCUT2D eigenvalue weighted by Gasteiger charge is -2.30. The average Bonchev–Trinajstić information content (AvgIpc) is 2.99. The number of hydrogen-bond acceptors (Lipinski definition) is 3. The van der Waals surface area contributed by atoms with Crippen molar-refractivity contribution in [1.82, 2.24) is 4.31 Å². The Hall–Kier alpha value is -1.20. The third-order valence-electron chi connectivity index (χ3n) is 4.32. The Morgan fingerprint density at radius 1 is 1.21 bits per heavy atom. The van der Waals surface area contributed by atoms with E-state index in [4.69, 9.17) is 0 Å². The van der Waals surface area contributed by atoms with Gasteiger partial charge in [-0.3, -0.25) is 0 Å². The summed E-state index contributed by atoms with van der Waals surface area (Å²) in [6.07, 6.45) is 3.47. The molecule has 0 unspecified atom stereocenters. The van der Waals surface area contributed by atoms with Crippen molar-refractivity contribution in [2.45, 2.75) is 43.2 Å². The van der Waals surface area contributed by atoms with Gasteiger partial charge in [0.2, 0.25) is 10.0 Å². The van der Waals surface area contributed by atoms with Crippen molar-refractivity contribution in [1.29, 1.82) is 0 Å². The standard InChI is InChI=1S/C14H17NO3S/c1-10-2-6-13(7-3-10)19(17,18)15-12-5-4-11(8-12)14(15)9-16/h2-3,6-7,9,11-12,14H,4-5,8H2,1H3/t11-,12+,14+/m1/s1. The summed E-state index contributed by atoms with van der Waals surface area (Å²) in [7, 11) is -3.55. The van der Waals surface area contributed by atoms with Crippen LogP contribution in [0.25, 0.3) is 0 Å². The summed E-state index contributed by atoms with van der Waals surface area (Å²) in [4.78, 5) is 11.5. The van der Waals surface area contributed by atoms with Crippen LogP contribution in [-0.4, -0.2) is 31.1 Å². The fraction of sp³-hybridized carbons (Fsp3) is 0.500. The number of carbonyl (C=O) groups excluding carboxylic acids is 1. The molecule has 1 saturated carbocycles. The molecule has 102 valence electrons. The largest absolute Gasteiger partial charge is 0.302 e. The second-order valence-electron chi connectivity index (χ2n) is 5.50. The first-order valence-corrected chi connectivity index (χ1v) is 8.03. The van der Waals surface area contributed by atoms with Crippen molar-refractivity contribution < 1.29 is 13.2 Å². The molecule has 1 aromatic carbocycles. The number of nitrogens with zero attached hydrogens (tertiary/aromatic N) is 1. The molecule has 2 fully saturated rings. The van der Waals surface area contributed by atoms with E-state index < -0.39 is 16.1 Å². The zero-order chi connectivity index (χ0) is 13.6. The maximum atomic E-state index is 12.7. The third-order valence-corrected chi connectivity index (χ3v) is 6.28. The van der Waals surface area contributed by atoms with Gasteiger partial charge in [0.15, 0.2) is 0 Å². The maximum Gasteiger partial charge on any atom is 0.243 e. The molecule has 1 heterocycles. The predicted molar refractivity (Wildman–Crippen MR) is 71.2 cm³/mol. The minimum absolute atomic E-state index is 0.00602. The molecule has 19 heavy (non-hydrogen) atoms. The number of carbonyl (C=O) groups is 1. The number of aryl methyl sites for hydroxylation is 1. The summed E-state index contributed by atoms with van der Waals surface area (Å²) in [6, 6.07) is 6.36. The molecule has 1 aliphatic heterocycles. The van der Waals surface area contributed by atoms with Crippen LogP contribution in [0, 0.1) is 12.8 Å². The van der Waals surface area contributed by atoms with E-state index >= 15 is 0 Å². The Balaban J connectivity index is 2.00. The maximum absolute atomic E-state index is 12.7. The molecule has 0 spiro atoms. The summed E-state index contributed by atoms with van der Waals surface area (Å²) >= 11 is 0. The van der Waals surface area contributed by atoms with Crippen LogP contribution in [-0.2, 0) is 14.8 Å². The molecular formula is C14H17NO3S. The van der Waals surface area contributed by atoms with Gasteiger partial charge in [0, 0.05) is 6.04 Å². The Bertz CT molecular complexity index is 594. The van der Waals surface area contributed by atoms with Gasteiger partial charge in [0.1, 0.15) is 6.29 Å². The van der Waals surface area contributed by atoms with Gasteiger partial charge < -0.3 is 4.79 Å². The van der Waals surface area contributed by atoms with Crippen molar-refractivity contribution in [3.05, 3.63) is 29.8 Å². The van der Waals surface area contributed by atoms with Crippen LogP contribution in [0.1, 0.15) is 24.8 Å². The van der Waals surface area contributed by atoms with E-state index in [0.717, 1.165) is 31.1 Å². The fourth-order valence-electron chi connectivity index (χ4n) is 3.34. The van der Waals surface area contributed by atoms with Gasteiger partial charge in [-0.1, -0.05) is 17.7 Å². The van der Waals surface area contributed by atoms with Crippen molar-refractivity contribution in [3.8, 4) is 0 Å². The van der Waals surface area contributed by atoms with Crippen LogP contribution in [0.3, 0.4) is 0 Å². The topological polar surface area (TPSA) is 54.5 Å². The number of hydrogen-bond donors (Lipinski definition) is 0. The van der Waals surface area contributed by atoms with E-state index in [-0.39, 0.29) is 16.9 Å². The lowest BCUT2D eigenvalue weighted by Crippen LogP contribution is -2.45.